The lowest BCUT2D eigenvalue weighted by atomic mass is 10.1. The molecule has 3 aromatic carbocycles. The van der Waals surface area contributed by atoms with E-state index < -0.39 is 11.8 Å². The minimum atomic E-state index is -0.415. The number of amides is 2. The van der Waals surface area contributed by atoms with Gasteiger partial charge in [0.2, 0.25) is 0 Å². The monoisotopic (exact) mass is 436 g/mol. The van der Waals surface area contributed by atoms with E-state index in [9.17, 15) is 9.59 Å². The van der Waals surface area contributed by atoms with Gasteiger partial charge < -0.3 is 29.6 Å². The van der Waals surface area contributed by atoms with Gasteiger partial charge >= 0.3 is 0 Å². The molecular formula is C24H24N2O6. The summed E-state index contributed by atoms with van der Waals surface area (Å²) in [6.45, 7) is 0. The molecule has 3 aromatic rings. The van der Waals surface area contributed by atoms with Crippen LogP contribution in [0, 0.1) is 0 Å². The van der Waals surface area contributed by atoms with E-state index in [1.54, 1.807) is 60.7 Å². The zero-order valence-corrected chi connectivity index (χ0v) is 18.2. The molecule has 8 heteroatoms. The van der Waals surface area contributed by atoms with Crippen molar-refractivity contribution in [3.63, 3.8) is 0 Å². The summed E-state index contributed by atoms with van der Waals surface area (Å²) in [4.78, 5) is 25.9. The molecule has 32 heavy (non-hydrogen) atoms. The molecule has 0 fully saturated rings. The van der Waals surface area contributed by atoms with E-state index in [0.717, 1.165) is 0 Å². The average molecular weight is 436 g/mol. The number of methoxy groups -OCH3 is 4. The highest BCUT2D eigenvalue weighted by molar-refractivity contribution is 6.12. The van der Waals surface area contributed by atoms with Crippen molar-refractivity contribution < 1.29 is 28.5 Å². The molecule has 0 saturated carbocycles. The van der Waals surface area contributed by atoms with Crippen molar-refractivity contribution in [1.82, 2.24) is 0 Å². The van der Waals surface area contributed by atoms with Crippen molar-refractivity contribution >= 4 is 23.2 Å². The minimum Gasteiger partial charge on any atom is -0.493 e. The first-order valence-corrected chi connectivity index (χ1v) is 9.67. The van der Waals surface area contributed by atoms with E-state index in [4.69, 9.17) is 18.9 Å². The standard InChI is InChI=1S/C24H24N2O6/c1-29-19-13-7-9-15(21(19)31-3)23(27)25-17-11-5-6-12-18(17)26-24(28)16-10-8-14-20(30-2)22(16)32-4/h5-14H,1-4H3,(H,25,27)(H,26,28). The first-order chi connectivity index (χ1) is 15.5. The van der Waals surface area contributed by atoms with Gasteiger partial charge in [-0.1, -0.05) is 24.3 Å². The van der Waals surface area contributed by atoms with Crippen molar-refractivity contribution in [1.29, 1.82) is 0 Å². The molecule has 0 spiro atoms. The second-order valence-corrected chi connectivity index (χ2v) is 6.54. The second-order valence-electron chi connectivity index (χ2n) is 6.54. The van der Waals surface area contributed by atoms with Crippen LogP contribution in [0.5, 0.6) is 23.0 Å². The van der Waals surface area contributed by atoms with Gasteiger partial charge in [0.1, 0.15) is 0 Å². The number of ether oxygens (including phenoxy) is 4. The van der Waals surface area contributed by atoms with Gasteiger partial charge in [0.15, 0.2) is 23.0 Å². The first kappa shape index (κ1) is 22.5. The van der Waals surface area contributed by atoms with Gasteiger partial charge in [-0.3, -0.25) is 9.59 Å². The van der Waals surface area contributed by atoms with E-state index in [2.05, 4.69) is 10.6 Å². The van der Waals surface area contributed by atoms with Gasteiger partial charge in [-0.25, -0.2) is 0 Å². The molecule has 0 atom stereocenters. The smallest absolute Gasteiger partial charge is 0.259 e. The Morgan fingerprint density at radius 3 is 1.31 bits per heavy atom. The molecule has 0 saturated heterocycles. The summed E-state index contributed by atoms with van der Waals surface area (Å²) in [6.07, 6.45) is 0. The van der Waals surface area contributed by atoms with Crippen LogP contribution in [0.3, 0.4) is 0 Å². The summed E-state index contributed by atoms with van der Waals surface area (Å²) in [6, 6.07) is 16.9. The first-order valence-electron chi connectivity index (χ1n) is 9.67. The van der Waals surface area contributed by atoms with E-state index in [1.807, 2.05) is 0 Å². The van der Waals surface area contributed by atoms with Gasteiger partial charge in [-0.05, 0) is 36.4 Å². The number of benzene rings is 3. The van der Waals surface area contributed by atoms with Crippen LogP contribution in [0.25, 0.3) is 0 Å². The molecule has 0 aliphatic heterocycles. The lowest BCUT2D eigenvalue weighted by Crippen LogP contribution is -2.18. The number of rotatable bonds is 8. The quantitative estimate of drug-likeness (QED) is 0.549. The molecule has 0 aromatic heterocycles. The topological polar surface area (TPSA) is 95.1 Å². The van der Waals surface area contributed by atoms with E-state index in [-0.39, 0.29) is 0 Å². The van der Waals surface area contributed by atoms with Crippen LogP contribution in [0.15, 0.2) is 60.7 Å². The number of anilines is 2. The highest BCUT2D eigenvalue weighted by atomic mass is 16.5. The Labute approximate surface area is 186 Å². The van der Waals surface area contributed by atoms with Gasteiger partial charge in [-0.2, -0.15) is 0 Å². The number of carbonyl (C=O) groups is 2. The fourth-order valence-electron chi connectivity index (χ4n) is 3.21. The molecule has 0 aliphatic carbocycles. The van der Waals surface area contributed by atoms with Crippen LogP contribution in [-0.4, -0.2) is 40.3 Å². The van der Waals surface area contributed by atoms with Crippen LogP contribution in [-0.2, 0) is 0 Å². The van der Waals surface area contributed by atoms with Crippen molar-refractivity contribution in [3.8, 4) is 23.0 Å². The molecule has 8 nitrogen and oxygen atoms in total. The number of hydrogen-bond donors (Lipinski definition) is 2. The molecule has 0 heterocycles. The zero-order chi connectivity index (χ0) is 23.1. The van der Waals surface area contributed by atoms with Gasteiger partial charge in [-0.15, -0.1) is 0 Å². The summed E-state index contributed by atoms with van der Waals surface area (Å²) in [5.41, 5.74) is 1.42. The molecule has 3 rings (SSSR count). The lowest BCUT2D eigenvalue weighted by molar-refractivity contribution is 0.101. The third-order valence-electron chi connectivity index (χ3n) is 4.72. The van der Waals surface area contributed by atoms with Crippen LogP contribution < -0.4 is 29.6 Å². The average Bonchev–Trinajstić information content (AvgIpc) is 2.83. The molecular weight excluding hydrogens is 412 g/mol. The summed E-state index contributed by atoms with van der Waals surface area (Å²) < 4.78 is 21.2. The SMILES string of the molecule is COc1cccc(C(=O)Nc2ccccc2NC(=O)c2cccc(OC)c2OC)c1OC. The maximum Gasteiger partial charge on any atom is 0.259 e. The Morgan fingerprint density at radius 2 is 0.969 bits per heavy atom. The Hall–Kier alpha value is -4.20. The van der Waals surface area contributed by atoms with Crippen molar-refractivity contribution in [2.24, 2.45) is 0 Å². The minimum absolute atomic E-state index is 0.294. The highest BCUT2D eigenvalue weighted by Crippen LogP contribution is 2.33. The Kier molecular flexibility index (Phi) is 7.17. The molecule has 0 bridgehead atoms. The Morgan fingerprint density at radius 1 is 0.562 bits per heavy atom. The van der Waals surface area contributed by atoms with E-state index >= 15 is 0 Å². The molecule has 2 amide bonds. The third kappa shape index (κ3) is 4.59. The zero-order valence-electron chi connectivity index (χ0n) is 18.2. The van der Waals surface area contributed by atoms with Crippen LogP contribution in [0.2, 0.25) is 0 Å². The van der Waals surface area contributed by atoms with Crippen molar-refractivity contribution in [3.05, 3.63) is 71.8 Å². The van der Waals surface area contributed by atoms with Crippen molar-refractivity contribution in [2.45, 2.75) is 0 Å². The van der Waals surface area contributed by atoms with Crippen LogP contribution >= 0.6 is 0 Å². The summed E-state index contributed by atoms with van der Waals surface area (Å²) in [7, 11) is 5.92. The summed E-state index contributed by atoms with van der Waals surface area (Å²) in [5, 5.41) is 5.63. The van der Waals surface area contributed by atoms with Crippen LogP contribution in [0.1, 0.15) is 20.7 Å². The molecule has 0 aliphatic rings. The lowest BCUT2D eigenvalue weighted by Gasteiger charge is -2.16. The molecule has 2 N–H and O–H groups in total. The molecule has 166 valence electrons. The maximum atomic E-state index is 13.0. The molecule has 0 unspecified atom stereocenters. The number of carbonyl (C=O) groups excluding carboxylic acids is 2. The van der Waals surface area contributed by atoms with Crippen molar-refractivity contribution in [2.75, 3.05) is 39.1 Å². The predicted molar refractivity (Wildman–Crippen MR) is 121 cm³/mol. The highest BCUT2D eigenvalue weighted by Gasteiger charge is 2.20. The van der Waals surface area contributed by atoms with Gasteiger partial charge in [0, 0.05) is 0 Å². The summed E-state index contributed by atoms with van der Waals surface area (Å²) in [5.74, 6) is 0.673. The fraction of sp³-hybridized carbons (Fsp3) is 0.167. The normalized spacial score (nSPS) is 10.1. The number of hydrogen-bond acceptors (Lipinski definition) is 6. The van der Waals surface area contributed by atoms with Gasteiger partial charge in [0.25, 0.3) is 11.8 Å². The summed E-state index contributed by atoms with van der Waals surface area (Å²) >= 11 is 0. The second kappa shape index (κ2) is 10.2. The maximum absolute atomic E-state index is 13.0. The number of para-hydroxylation sites is 4. The Bertz CT molecular complexity index is 1040. The predicted octanol–water partition coefficient (Wildman–Crippen LogP) is 4.23. The largest absolute Gasteiger partial charge is 0.493 e. The van der Waals surface area contributed by atoms with E-state index in [1.165, 1.54) is 28.4 Å². The Balaban J connectivity index is 1.88. The van der Waals surface area contributed by atoms with Gasteiger partial charge in [0.05, 0.1) is 50.9 Å². The van der Waals surface area contributed by atoms with Crippen LogP contribution in [0.4, 0.5) is 11.4 Å². The fourth-order valence-corrected chi connectivity index (χ4v) is 3.21. The number of nitrogens with one attached hydrogen (secondary N) is 2. The van der Waals surface area contributed by atoms with E-state index in [0.29, 0.717) is 45.5 Å². The third-order valence-corrected chi connectivity index (χ3v) is 4.72. The molecule has 0 radical (unpaired) electrons.